The quantitative estimate of drug-likeness (QED) is 0.251. The first kappa shape index (κ1) is 17.7. The van der Waals surface area contributed by atoms with Gasteiger partial charge in [0.25, 0.3) is 0 Å². The molecule has 4 rings (SSSR count). The molecule has 0 saturated carbocycles. The summed E-state index contributed by atoms with van der Waals surface area (Å²) in [5.41, 5.74) is 6.36. The molecule has 0 amide bonds. The van der Waals surface area contributed by atoms with Gasteiger partial charge in [0.15, 0.2) is 0 Å². The summed E-state index contributed by atoms with van der Waals surface area (Å²) in [5.74, 6) is 0.883. The van der Waals surface area contributed by atoms with E-state index in [0.717, 1.165) is 20.1 Å². The minimum Gasteiger partial charge on any atom is -0.229 e. The van der Waals surface area contributed by atoms with Gasteiger partial charge in [-0.2, -0.15) is 0 Å². The van der Waals surface area contributed by atoms with E-state index in [0.29, 0.717) is 0 Å². The lowest BCUT2D eigenvalue weighted by Gasteiger charge is -2.07. The van der Waals surface area contributed by atoms with Crippen LogP contribution in [0, 0.1) is 13.8 Å². The van der Waals surface area contributed by atoms with Crippen LogP contribution in [0.4, 0.5) is 0 Å². The highest BCUT2D eigenvalue weighted by atomic mass is 79.9. The number of thiophene rings is 1. The first-order chi connectivity index (χ1) is 12.6. The Bertz CT molecular complexity index is 1090. The molecule has 0 fully saturated rings. The molecular formula is C21H17BrN2S2. The highest BCUT2D eigenvalue weighted by molar-refractivity contribution is 9.10. The summed E-state index contributed by atoms with van der Waals surface area (Å²) in [6, 6.07) is 15.1. The SMILES string of the molecule is Cc1ccc(-c2csc3ncnc(SCc4cccc(Br)c4)c23)cc1C. The number of nitrogens with zero attached hydrogens (tertiary/aromatic N) is 2. The monoisotopic (exact) mass is 440 g/mol. The molecule has 2 aromatic carbocycles. The van der Waals surface area contributed by atoms with E-state index in [1.165, 1.54) is 33.2 Å². The highest BCUT2D eigenvalue weighted by Crippen LogP contribution is 2.39. The van der Waals surface area contributed by atoms with Gasteiger partial charge in [0.05, 0.1) is 5.39 Å². The predicted octanol–water partition coefficient (Wildman–Crippen LogP) is 7.03. The Balaban J connectivity index is 1.73. The van der Waals surface area contributed by atoms with Gasteiger partial charge in [0, 0.05) is 21.2 Å². The molecule has 0 saturated heterocycles. The zero-order valence-corrected chi connectivity index (χ0v) is 17.7. The molecule has 0 N–H and O–H groups in total. The van der Waals surface area contributed by atoms with Crippen LogP contribution in [0.1, 0.15) is 16.7 Å². The average molecular weight is 441 g/mol. The number of rotatable bonds is 4. The normalized spacial score (nSPS) is 11.2. The van der Waals surface area contributed by atoms with Crippen molar-refractivity contribution in [2.24, 2.45) is 0 Å². The summed E-state index contributed by atoms with van der Waals surface area (Å²) in [6.07, 6.45) is 1.67. The van der Waals surface area contributed by atoms with Crippen molar-refractivity contribution in [3.8, 4) is 11.1 Å². The second kappa shape index (κ2) is 7.51. The maximum Gasteiger partial charge on any atom is 0.128 e. The van der Waals surface area contributed by atoms with E-state index < -0.39 is 0 Å². The van der Waals surface area contributed by atoms with Crippen molar-refractivity contribution in [3.05, 3.63) is 75.3 Å². The first-order valence-corrected chi connectivity index (χ1v) is 10.9. The molecule has 0 bridgehead atoms. The number of hydrogen-bond acceptors (Lipinski definition) is 4. The number of thioether (sulfide) groups is 1. The standard InChI is InChI=1S/C21H17BrN2S2/c1-13-6-7-16(8-14(13)2)18-11-26-21-19(18)20(23-12-24-21)25-10-15-4-3-5-17(22)9-15/h3-9,11-12H,10H2,1-2H3. The number of benzene rings is 2. The van der Waals surface area contributed by atoms with Gasteiger partial charge in [0.1, 0.15) is 16.2 Å². The molecule has 0 spiro atoms. The third-order valence-electron chi connectivity index (χ3n) is 4.42. The van der Waals surface area contributed by atoms with Crippen molar-refractivity contribution >= 4 is 49.2 Å². The van der Waals surface area contributed by atoms with Crippen LogP contribution in [0.3, 0.4) is 0 Å². The topological polar surface area (TPSA) is 25.8 Å². The van der Waals surface area contributed by atoms with Crippen LogP contribution in [0.2, 0.25) is 0 Å². The summed E-state index contributed by atoms with van der Waals surface area (Å²) in [7, 11) is 0. The van der Waals surface area contributed by atoms with Gasteiger partial charge in [-0.05, 0) is 48.2 Å². The minimum atomic E-state index is 0.883. The van der Waals surface area contributed by atoms with Crippen LogP contribution in [0.25, 0.3) is 21.3 Å². The van der Waals surface area contributed by atoms with Crippen molar-refractivity contribution in [1.82, 2.24) is 9.97 Å². The van der Waals surface area contributed by atoms with Gasteiger partial charge in [-0.15, -0.1) is 23.1 Å². The Hall–Kier alpha value is -1.69. The average Bonchev–Trinajstić information content (AvgIpc) is 3.07. The van der Waals surface area contributed by atoms with Crippen molar-refractivity contribution in [2.45, 2.75) is 24.6 Å². The van der Waals surface area contributed by atoms with Crippen molar-refractivity contribution in [3.63, 3.8) is 0 Å². The van der Waals surface area contributed by atoms with E-state index in [9.17, 15) is 0 Å². The summed E-state index contributed by atoms with van der Waals surface area (Å²) in [6.45, 7) is 4.31. The zero-order valence-electron chi connectivity index (χ0n) is 14.5. The fourth-order valence-corrected chi connectivity index (χ4v) is 5.24. The van der Waals surface area contributed by atoms with E-state index in [2.05, 4.69) is 81.5 Å². The smallest absolute Gasteiger partial charge is 0.128 e. The Morgan fingerprint density at radius 1 is 1.04 bits per heavy atom. The Morgan fingerprint density at radius 2 is 1.92 bits per heavy atom. The number of halogens is 1. The molecule has 0 unspecified atom stereocenters. The largest absolute Gasteiger partial charge is 0.229 e. The lowest BCUT2D eigenvalue weighted by Crippen LogP contribution is -1.88. The molecule has 5 heteroatoms. The lowest BCUT2D eigenvalue weighted by molar-refractivity contribution is 1.11. The van der Waals surface area contributed by atoms with Crippen LogP contribution in [0.5, 0.6) is 0 Å². The van der Waals surface area contributed by atoms with Crippen LogP contribution in [-0.2, 0) is 5.75 Å². The Labute approximate surface area is 169 Å². The molecule has 130 valence electrons. The van der Waals surface area contributed by atoms with Crippen molar-refractivity contribution in [1.29, 1.82) is 0 Å². The zero-order chi connectivity index (χ0) is 18.1. The molecule has 2 aromatic heterocycles. The third kappa shape index (κ3) is 3.56. The molecule has 0 aliphatic rings. The fourth-order valence-electron chi connectivity index (χ4n) is 2.86. The van der Waals surface area contributed by atoms with Gasteiger partial charge >= 0.3 is 0 Å². The van der Waals surface area contributed by atoms with Crippen molar-refractivity contribution in [2.75, 3.05) is 0 Å². The van der Waals surface area contributed by atoms with Gasteiger partial charge in [-0.3, -0.25) is 0 Å². The van der Waals surface area contributed by atoms with E-state index >= 15 is 0 Å². The van der Waals surface area contributed by atoms with Crippen LogP contribution in [-0.4, -0.2) is 9.97 Å². The maximum atomic E-state index is 4.59. The fraction of sp³-hybridized carbons (Fsp3) is 0.143. The number of hydrogen-bond donors (Lipinski definition) is 0. The van der Waals surface area contributed by atoms with Crippen LogP contribution < -0.4 is 0 Å². The summed E-state index contributed by atoms with van der Waals surface area (Å²) in [5, 5.41) is 4.41. The van der Waals surface area contributed by atoms with Gasteiger partial charge in [-0.1, -0.05) is 46.3 Å². The van der Waals surface area contributed by atoms with E-state index in [1.54, 1.807) is 29.4 Å². The maximum absolute atomic E-state index is 4.59. The van der Waals surface area contributed by atoms with E-state index in [1.807, 2.05) is 6.07 Å². The highest BCUT2D eigenvalue weighted by Gasteiger charge is 2.14. The molecule has 4 aromatic rings. The van der Waals surface area contributed by atoms with Crippen LogP contribution >= 0.6 is 39.0 Å². The molecule has 26 heavy (non-hydrogen) atoms. The Kier molecular flexibility index (Phi) is 5.11. The van der Waals surface area contributed by atoms with Crippen LogP contribution in [0.15, 0.2) is 63.7 Å². The molecule has 0 aliphatic carbocycles. The lowest BCUT2D eigenvalue weighted by atomic mass is 10.0. The second-order valence-electron chi connectivity index (χ2n) is 6.23. The number of aromatic nitrogens is 2. The molecular weight excluding hydrogens is 424 g/mol. The third-order valence-corrected chi connectivity index (χ3v) is 6.86. The first-order valence-electron chi connectivity index (χ1n) is 8.29. The molecule has 0 radical (unpaired) electrons. The van der Waals surface area contributed by atoms with Gasteiger partial charge in [-0.25, -0.2) is 9.97 Å². The Morgan fingerprint density at radius 3 is 2.73 bits per heavy atom. The van der Waals surface area contributed by atoms with Gasteiger partial charge < -0.3 is 0 Å². The predicted molar refractivity (Wildman–Crippen MR) is 116 cm³/mol. The molecule has 0 aliphatic heterocycles. The second-order valence-corrected chi connectivity index (χ2v) is 8.96. The summed E-state index contributed by atoms with van der Waals surface area (Å²) in [4.78, 5) is 10.1. The van der Waals surface area contributed by atoms with Gasteiger partial charge in [0.2, 0.25) is 0 Å². The number of fused-ring (bicyclic) bond motifs is 1. The number of aryl methyl sites for hydroxylation is 2. The molecule has 0 atom stereocenters. The van der Waals surface area contributed by atoms with E-state index in [-0.39, 0.29) is 0 Å². The summed E-state index contributed by atoms with van der Waals surface area (Å²) >= 11 is 7.00. The summed E-state index contributed by atoms with van der Waals surface area (Å²) < 4.78 is 1.11. The molecule has 2 heterocycles. The minimum absolute atomic E-state index is 0.883. The van der Waals surface area contributed by atoms with Crippen molar-refractivity contribution < 1.29 is 0 Å². The van der Waals surface area contributed by atoms with E-state index in [4.69, 9.17) is 0 Å². The molecule has 2 nitrogen and oxygen atoms in total.